The van der Waals surface area contributed by atoms with Crippen LogP contribution in [0.25, 0.3) is 0 Å². The van der Waals surface area contributed by atoms with Gasteiger partial charge in [0.05, 0.1) is 6.04 Å². The summed E-state index contributed by atoms with van der Waals surface area (Å²) in [6.07, 6.45) is 1.42. The van der Waals surface area contributed by atoms with Gasteiger partial charge in [0.25, 0.3) is 0 Å². The maximum absolute atomic E-state index is 12.3. The van der Waals surface area contributed by atoms with E-state index in [2.05, 4.69) is 6.92 Å². The van der Waals surface area contributed by atoms with Crippen LogP contribution in [0.5, 0.6) is 0 Å². The van der Waals surface area contributed by atoms with Crippen LogP contribution in [-0.2, 0) is 9.59 Å². The summed E-state index contributed by atoms with van der Waals surface area (Å²) in [7, 11) is 0. The maximum atomic E-state index is 12.3. The maximum Gasteiger partial charge on any atom is 0.223 e. The highest BCUT2D eigenvalue weighted by Crippen LogP contribution is 2.32. The van der Waals surface area contributed by atoms with Gasteiger partial charge < -0.3 is 4.90 Å². The fraction of sp³-hybridized carbons (Fsp3) is 0.500. The first-order valence-electron chi connectivity index (χ1n) is 7.19. The second kappa shape index (κ2) is 7.32. The van der Waals surface area contributed by atoms with Gasteiger partial charge in [0, 0.05) is 30.7 Å². The smallest absolute Gasteiger partial charge is 0.223 e. The summed E-state index contributed by atoms with van der Waals surface area (Å²) < 4.78 is 0. The molecule has 1 aliphatic rings. The molecule has 1 saturated heterocycles. The third kappa shape index (κ3) is 4.24. The Balaban J connectivity index is 2.06. The van der Waals surface area contributed by atoms with Gasteiger partial charge in [0.1, 0.15) is 0 Å². The molecule has 0 spiro atoms. The Morgan fingerprint density at radius 2 is 2.10 bits per heavy atom. The zero-order valence-electron chi connectivity index (χ0n) is 12.3. The van der Waals surface area contributed by atoms with Crippen LogP contribution in [-0.4, -0.2) is 28.2 Å². The zero-order valence-corrected chi connectivity index (χ0v) is 13.9. The molecule has 1 aliphatic heterocycles. The molecule has 2 atom stereocenters. The lowest BCUT2D eigenvalue weighted by Gasteiger charge is -2.28. The average Bonchev–Trinajstić information content (AvgIpc) is 2.81. The molecule has 1 aromatic carbocycles. The van der Waals surface area contributed by atoms with E-state index < -0.39 is 0 Å². The number of thioether (sulfide) groups is 1. The Morgan fingerprint density at radius 1 is 1.43 bits per heavy atom. The summed E-state index contributed by atoms with van der Waals surface area (Å²) in [5.41, 5.74) is 1.12. The van der Waals surface area contributed by atoms with Crippen molar-refractivity contribution in [2.75, 3.05) is 12.3 Å². The predicted molar refractivity (Wildman–Crippen MR) is 87.4 cm³/mol. The van der Waals surface area contributed by atoms with E-state index in [1.807, 2.05) is 29.2 Å². The summed E-state index contributed by atoms with van der Waals surface area (Å²) in [4.78, 5) is 25.3. The molecule has 2 rings (SSSR count). The Morgan fingerprint density at radius 3 is 2.67 bits per heavy atom. The quantitative estimate of drug-likeness (QED) is 0.823. The minimum atomic E-state index is 0.0992. The monoisotopic (exact) mass is 325 g/mol. The normalized spacial score (nSPS) is 19.9. The molecule has 1 aromatic rings. The van der Waals surface area contributed by atoms with Crippen molar-refractivity contribution in [2.45, 2.75) is 32.7 Å². The second-order valence-corrected chi connectivity index (χ2v) is 7.03. The first-order valence-corrected chi connectivity index (χ1v) is 8.56. The van der Waals surface area contributed by atoms with Gasteiger partial charge in [-0.25, -0.2) is 0 Å². The Bertz CT molecular complexity index is 518. The molecule has 5 heteroatoms. The minimum Gasteiger partial charge on any atom is -0.335 e. The number of rotatable bonds is 5. The van der Waals surface area contributed by atoms with Crippen LogP contribution in [0, 0.1) is 5.92 Å². The molecule has 0 saturated carbocycles. The number of carbonyl (C=O) groups is 2. The molecule has 114 valence electrons. The minimum absolute atomic E-state index is 0.0992. The van der Waals surface area contributed by atoms with Gasteiger partial charge in [-0.1, -0.05) is 42.4 Å². The van der Waals surface area contributed by atoms with Gasteiger partial charge in [-0.2, -0.15) is 0 Å². The number of halogens is 1. The molecule has 0 aromatic heterocycles. The van der Waals surface area contributed by atoms with Crippen molar-refractivity contribution in [1.29, 1.82) is 0 Å². The third-order valence-corrected chi connectivity index (χ3v) is 5.08. The summed E-state index contributed by atoms with van der Waals surface area (Å²) in [6, 6.07) is 7.80. The van der Waals surface area contributed by atoms with E-state index in [0.29, 0.717) is 11.4 Å². The number of nitrogens with zero attached hydrogens (tertiary/aromatic N) is 1. The Hall–Kier alpha value is -1.00. The number of amides is 1. The number of hydrogen-bond donors (Lipinski definition) is 0. The van der Waals surface area contributed by atoms with Gasteiger partial charge in [-0.05, 0) is 30.0 Å². The highest BCUT2D eigenvalue weighted by Gasteiger charge is 2.34. The van der Waals surface area contributed by atoms with E-state index in [1.54, 1.807) is 6.92 Å². The van der Waals surface area contributed by atoms with Crippen LogP contribution in [0.2, 0.25) is 5.02 Å². The van der Waals surface area contributed by atoms with Gasteiger partial charge in [0.2, 0.25) is 5.91 Å². The average molecular weight is 326 g/mol. The van der Waals surface area contributed by atoms with Crippen molar-refractivity contribution in [3.8, 4) is 0 Å². The first-order chi connectivity index (χ1) is 10.0. The van der Waals surface area contributed by atoms with E-state index in [4.69, 9.17) is 11.6 Å². The fourth-order valence-corrected chi connectivity index (χ4v) is 3.60. The SMILES string of the molecule is CCC(c1ccc(Cl)cc1)N1CC(CSC(C)=O)CC1=O. The summed E-state index contributed by atoms with van der Waals surface area (Å²) in [5, 5.41) is 0.822. The predicted octanol–water partition coefficient (Wildman–Crippen LogP) is 3.92. The van der Waals surface area contributed by atoms with E-state index in [1.165, 1.54) is 11.8 Å². The fourth-order valence-electron chi connectivity index (χ4n) is 2.78. The largest absolute Gasteiger partial charge is 0.335 e. The lowest BCUT2D eigenvalue weighted by atomic mass is 10.0. The summed E-state index contributed by atoms with van der Waals surface area (Å²) >= 11 is 7.24. The lowest BCUT2D eigenvalue weighted by Crippen LogP contribution is -2.30. The van der Waals surface area contributed by atoms with E-state index in [-0.39, 0.29) is 23.0 Å². The second-order valence-electron chi connectivity index (χ2n) is 5.39. The molecular formula is C16H20ClNO2S. The van der Waals surface area contributed by atoms with Crippen molar-refractivity contribution in [3.63, 3.8) is 0 Å². The van der Waals surface area contributed by atoms with Crippen LogP contribution >= 0.6 is 23.4 Å². The standard InChI is InChI=1S/C16H20ClNO2S/c1-3-15(13-4-6-14(17)7-5-13)18-9-12(8-16(18)20)10-21-11(2)19/h4-7,12,15H,3,8-10H2,1-2H3. The first kappa shape index (κ1) is 16.4. The molecule has 1 amide bonds. The third-order valence-electron chi connectivity index (χ3n) is 3.78. The molecule has 21 heavy (non-hydrogen) atoms. The molecule has 1 heterocycles. The molecule has 0 radical (unpaired) electrons. The molecule has 2 unspecified atom stereocenters. The van der Waals surface area contributed by atoms with Crippen LogP contribution < -0.4 is 0 Å². The van der Waals surface area contributed by atoms with Gasteiger partial charge >= 0.3 is 0 Å². The number of carbonyl (C=O) groups excluding carboxylic acids is 2. The zero-order chi connectivity index (χ0) is 15.4. The van der Waals surface area contributed by atoms with E-state index in [9.17, 15) is 9.59 Å². The van der Waals surface area contributed by atoms with Crippen LogP contribution in [0.3, 0.4) is 0 Å². The number of hydrogen-bond acceptors (Lipinski definition) is 3. The number of likely N-dealkylation sites (tertiary alicyclic amines) is 1. The molecule has 1 fully saturated rings. The topological polar surface area (TPSA) is 37.4 Å². The van der Waals surface area contributed by atoms with E-state index in [0.717, 1.165) is 24.3 Å². The van der Waals surface area contributed by atoms with Crippen molar-refractivity contribution in [1.82, 2.24) is 4.90 Å². The molecule has 0 N–H and O–H groups in total. The van der Waals surface area contributed by atoms with E-state index >= 15 is 0 Å². The Kier molecular flexibility index (Phi) is 5.71. The number of benzene rings is 1. The lowest BCUT2D eigenvalue weighted by molar-refractivity contribution is -0.129. The van der Waals surface area contributed by atoms with Crippen LogP contribution in [0.15, 0.2) is 24.3 Å². The van der Waals surface area contributed by atoms with Crippen molar-refractivity contribution >= 4 is 34.4 Å². The molecule has 0 aliphatic carbocycles. The molecule has 3 nitrogen and oxygen atoms in total. The van der Waals surface area contributed by atoms with Crippen LogP contribution in [0.1, 0.15) is 38.3 Å². The molecular weight excluding hydrogens is 306 g/mol. The van der Waals surface area contributed by atoms with Gasteiger partial charge in [-0.15, -0.1) is 0 Å². The van der Waals surface area contributed by atoms with Crippen molar-refractivity contribution in [2.24, 2.45) is 5.92 Å². The highest BCUT2D eigenvalue weighted by atomic mass is 35.5. The molecule has 0 bridgehead atoms. The summed E-state index contributed by atoms with van der Waals surface area (Å²) in [5.74, 6) is 1.19. The van der Waals surface area contributed by atoms with Gasteiger partial charge in [-0.3, -0.25) is 9.59 Å². The van der Waals surface area contributed by atoms with Gasteiger partial charge in [0.15, 0.2) is 5.12 Å². The Labute approximate surface area is 135 Å². The summed E-state index contributed by atoms with van der Waals surface area (Å²) in [6.45, 7) is 4.40. The highest BCUT2D eigenvalue weighted by molar-refractivity contribution is 8.13. The van der Waals surface area contributed by atoms with Crippen molar-refractivity contribution < 1.29 is 9.59 Å². The van der Waals surface area contributed by atoms with Crippen LogP contribution in [0.4, 0.5) is 0 Å². The van der Waals surface area contributed by atoms with Crippen molar-refractivity contribution in [3.05, 3.63) is 34.9 Å².